The molecule has 1 heterocycles. The van der Waals surface area contributed by atoms with Gasteiger partial charge in [-0.3, -0.25) is 0 Å². The molecule has 1 atom stereocenters. The van der Waals surface area contributed by atoms with E-state index < -0.39 is 5.60 Å². The van der Waals surface area contributed by atoms with E-state index in [0.717, 1.165) is 12.8 Å². The van der Waals surface area contributed by atoms with E-state index in [9.17, 15) is 5.11 Å². The Bertz CT molecular complexity index is 317. The van der Waals surface area contributed by atoms with Gasteiger partial charge >= 0.3 is 0 Å². The van der Waals surface area contributed by atoms with Gasteiger partial charge in [-0.2, -0.15) is 0 Å². The van der Waals surface area contributed by atoms with Crippen molar-refractivity contribution in [1.82, 2.24) is 5.32 Å². The number of aryl methyl sites for hydroxylation is 1. The highest BCUT2D eigenvalue weighted by atomic mass is 32.1. The lowest BCUT2D eigenvalue weighted by atomic mass is 9.97. The molecule has 2 nitrogen and oxygen atoms in total. The van der Waals surface area contributed by atoms with Gasteiger partial charge in [-0.15, -0.1) is 11.3 Å². The molecule has 1 rings (SSSR count). The monoisotopic (exact) mass is 241 g/mol. The summed E-state index contributed by atoms with van der Waals surface area (Å²) in [4.78, 5) is 1.37. The molecule has 0 spiro atoms. The number of rotatable bonds is 6. The molecular formula is C13H23NOS. The van der Waals surface area contributed by atoms with Gasteiger partial charge in [-0.05, 0) is 43.7 Å². The van der Waals surface area contributed by atoms with Gasteiger partial charge in [0.05, 0.1) is 5.60 Å². The van der Waals surface area contributed by atoms with Crippen LogP contribution in [-0.2, 0) is 0 Å². The van der Waals surface area contributed by atoms with Gasteiger partial charge in [0, 0.05) is 17.5 Å². The van der Waals surface area contributed by atoms with Crippen LogP contribution in [0.25, 0.3) is 0 Å². The Hall–Kier alpha value is -0.380. The van der Waals surface area contributed by atoms with Crippen LogP contribution >= 0.6 is 11.3 Å². The van der Waals surface area contributed by atoms with E-state index >= 15 is 0 Å². The molecule has 1 aromatic rings. The van der Waals surface area contributed by atoms with Gasteiger partial charge in [0.2, 0.25) is 0 Å². The first kappa shape index (κ1) is 13.7. The van der Waals surface area contributed by atoms with E-state index in [4.69, 9.17) is 0 Å². The fourth-order valence-corrected chi connectivity index (χ4v) is 2.72. The van der Waals surface area contributed by atoms with Crippen molar-refractivity contribution < 1.29 is 5.11 Å². The molecule has 0 fully saturated rings. The van der Waals surface area contributed by atoms with Crippen LogP contribution < -0.4 is 5.32 Å². The molecule has 3 heteroatoms. The highest BCUT2D eigenvalue weighted by Gasteiger charge is 2.23. The fraction of sp³-hybridized carbons (Fsp3) is 0.692. The minimum absolute atomic E-state index is 0.324. The van der Waals surface area contributed by atoms with E-state index in [1.165, 1.54) is 10.4 Å². The molecule has 0 aromatic carbocycles. The van der Waals surface area contributed by atoms with E-state index in [1.54, 1.807) is 11.3 Å². The smallest absolute Gasteiger partial charge is 0.0766 e. The van der Waals surface area contributed by atoms with Crippen molar-refractivity contribution in [3.8, 4) is 0 Å². The lowest BCUT2D eigenvalue weighted by molar-refractivity contribution is 0.0304. The average Bonchev–Trinajstić information content (AvgIpc) is 2.72. The Labute approximate surface area is 103 Å². The van der Waals surface area contributed by atoms with Crippen LogP contribution in [0.15, 0.2) is 11.4 Å². The highest BCUT2D eigenvalue weighted by molar-refractivity contribution is 7.10. The molecule has 1 aromatic heterocycles. The Kier molecular flexibility index (Phi) is 4.96. The van der Waals surface area contributed by atoms with Gasteiger partial charge in [0.25, 0.3) is 0 Å². The second-order valence-corrected chi connectivity index (χ2v) is 5.45. The highest BCUT2D eigenvalue weighted by Crippen LogP contribution is 2.24. The van der Waals surface area contributed by atoms with Crippen LogP contribution in [0.3, 0.4) is 0 Å². The van der Waals surface area contributed by atoms with Gasteiger partial charge in [0.1, 0.15) is 0 Å². The van der Waals surface area contributed by atoms with Crippen LogP contribution in [0, 0.1) is 6.92 Å². The molecule has 0 saturated heterocycles. The Morgan fingerprint density at radius 3 is 2.50 bits per heavy atom. The van der Waals surface area contributed by atoms with Crippen LogP contribution in [0.1, 0.15) is 50.1 Å². The second-order valence-electron chi connectivity index (χ2n) is 4.50. The predicted molar refractivity (Wildman–Crippen MR) is 71.0 cm³/mol. The summed E-state index contributed by atoms with van der Waals surface area (Å²) in [5, 5.41) is 15.7. The predicted octanol–water partition coefficient (Wildman–Crippen LogP) is 3.26. The summed E-state index contributed by atoms with van der Waals surface area (Å²) in [6.07, 6.45) is 1.60. The Morgan fingerprint density at radius 1 is 1.44 bits per heavy atom. The standard InChI is InChI=1S/C13H23NOS/c1-5-13(15,6-2)9-14-11(4)12-10(3)7-8-16-12/h7-8,11,14-15H,5-6,9H2,1-4H3. The Morgan fingerprint density at radius 2 is 2.06 bits per heavy atom. The molecule has 2 N–H and O–H groups in total. The van der Waals surface area contributed by atoms with E-state index in [-0.39, 0.29) is 0 Å². The van der Waals surface area contributed by atoms with E-state index in [0.29, 0.717) is 12.6 Å². The second kappa shape index (κ2) is 5.80. The van der Waals surface area contributed by atoms with Crippen molar-refractivity contribution >= 4 is 11.3 Å². The zero-order valence-corrected chi connectivity index (χ0v) is 11.5. The zero-order valence-electron chi connectivity index (χ0n) is 10.7. The van der Waals surface area contributed by atoms with Gasteiger partial charge < -0.3 is 10.4 Å². The maximum absolute atomic E-state index is 10.2. The molecule has 16 heavy (non-hydrogen) atoms. The van der Waals surface area contributed by atoms with Crippen LogP contribution in [0.5, 0.6) is 0 Å². The minimum atomic E-state index is -0.556. The summed E-state index contributed by atoms with van der Waals surface area (Å²) in [6, 6.07) is 2.47. The lowest BCUT2D eigenvalue weighted by Gasteiger charge is -2.27. The average molecular weight is 241 g/mol. The first-order valence-corrected chi connectivity index (χ1v) is 6.90. The summed E-state index contributed by atoms with van der Waals surface area (Å²) in [5.41, 5.74) is 0.779. The summed E-state index contributed by atoms with van der Waals surface area (Å²) in [5.74, 6) is 0. The topological polar surface area (TPSA) is 32.3 Å². The summed E-state index contributed by atoms with van der Waals surface area (Å²) in [7, 11) is 0. The molecule has 0 bridgehead atoms. The molecule has 0 aliphatic heterocycles. The number of thiophene rings is 1. The largest absolute Gasteiger partial charge is 0.389 e. The van der Waals surface area contributed by atoms with Gasteiger partial charge in [-0.25, -0.2) is 0 Å². The third-order valence-electron chi connectivity index (χ3n) is 3.35. The van der Waals surface area contributed by atoms with Gasteiger partial charge in [0.15, 0.2) is 0 Å². The quantitative estimate of drug-likeness (QED) is 0.801. The lowest BCUT2D eigenvalue weighted by Crippen LogP contribution is -2.40. The van der Waals surface area contributed by atoms with Crippen molar-refractivity contribution in [3.63, 3.8) is 0 Å². The summed E-state index contributed by atoms with van der Waals surface area (Å²) < 4.78 is 0. The van der Waals surface area contributed by atoms with E-state index in [2.05, 4.69) is 30.6 Å². The molecule has 0 aliphatic rings. The molecule has 0 saturated carbocycles. The number of nitrogens with one attached hydrogen (secondary N) is 1. The molecule has 0 amide bonds. The Balaban J connectivity index is 2.53. The van der Waals surface area contributed by atoms with Crippen molar-refractivity contribution in [2.75, 3.05) is 6.54 Å². The molecule has 0 aliphatic carbocycles. The van der Waals surface area contributed by atoms with Crippen molar-refractivity contribution in [2.45, 2.75) is 52.2 Å². The fourth-order valence-electron chi connectivity index (χ4n) is 1.76. The van der Waals surface area contributed by atoms with Crippen LogP contribution in [-0.4, -0.2) is 17.3 Å². The normalized spacial score (nSPS) is 14.1. The molecule has 92 valence electrons. The van der Waals surface area contributed by atoms with Crippen LogP contribution in [0.4, 0.5) is 0 Å². The third kappa shape index (κ3) is 3.30. The maximum Gasteiger partial charge on any atom is 0.0766 e. The van der Waals surface area contributed by atoms with Crippen molar-refractivity contribution in [2.24, 2.45) is 0 Å². The number of hydrogen-bond donors (Lipinski definition) is 2. The zero-order chi connectivity index (χ0) is 12.2. The molecular weight excluding hydrogens is 218 g/mol. The van der Waals surface area contributed by atoms with Crippen LogP contribution in [0.2, 0.25) is 0 Å². The number of hydrogen-bond acceptors (Lipinski definition) is 3. The van der Waals surface area contributed by atoms with Crippen molar-refractivity contribution in [1.29, 1.82) is 0 Å². The molecule has 1 unspecified atom stereocenters. The first-order valence-electron chi connectivity index (χ1n) is 6.02. The van der Waals surface area contributed by atoms with E-state index in [1.807, 2.05) is 13.8 Å². The number of aliphatic hydroxyl groups is 1. The maximum atomic E-state index is 10.2. The molecule has 0 radical (unpaired) electrons. The third-order valence-corrected chi connectivity index (χ3v) is 4.55. The SMILES string of the molecule is CCC(O)(CC)CNC(C)c1sccc1C. The van der Waals surface area contributed by atoms with Crippen molar-refractivity contribution in [3.05, 3.63) is 21.9 Å². The first-order chi connectivity index (χ1) is 7.52. The summed E-state index contributed by atoms with van der Waals surface area (Å²) >= 11 is 1.78. The van der Waals surface area contributed by atoms with Gasteiger partial charge in [-0.1, -0.05) is 13.8 Å². The summed E-state index contributed by atoms with van der Waals surface area (Å²) in [6.45, 7) is 9.03. The minimum Gasteiger partial charge on any atom is -0.389 e.